The molecule has 0 aromatic heterocycles. The molecule has 1 aliphatic rings. The van der Waals surface area contributed by atoms with Gasteiger partial charge in [0.25, 0.3) is 0 Å². The van der Waals surface area contributed by atoms with Crippen molar-refractivity contribution in [1.82, 2.24) is 4.90 Å². The van der Waals surface area contributed by atoms with Gasteiger partial charge in [0.1, 0.15) is 0 Å². The average molecular weight is 285 g/mol. The summed E-state index contributed by atoms with van der Waals surface area (Å²) in [6.07, 6.45) is 0.249. The van der Waals surface area contributed by atoms with Gasteiger partial charge < -0.3 is 10.2 Å². The number of hydrogen-bond donors (Lipinski definition) is 1. The minimum absolute atomic E-state index is 0.0162. The second kappa shape index (κ2) is 5.57. The molecular weight excluding hydrogens is 266 g/mol. The molecule has 1 aromatic rings. The fourth-order valence-corrected chi connectivity index (χ4v) is 2.40. The zero-order chi connectivity index (χ0) is 15.6. The van der Waals surface area contributed by atoms with Crippen molar-refractivity contribution >= 4 is 17.5 Å². The van der Waals surface area contributed by atoms with E-state index in [4.69, 9.17) is 5.26 Å². The molecule has 0 spiro atoms. The number of amides is 2. The Hall–Kier alpha value is -2.35. The standard InChI is InChI=1S/C16H19N3O2/c1-16(2,3)19-10-12(8-14(19)20)15(21)18-13-6-4-11(9-17)5-7-13/h4-7,12H,8,10H2,1-3H3,(H,18,21)/t12-/m0/s1. The topological polar surface area (TPSA) is 73.2 Å². The van der Waals surface area contributed by atoms with Crippen LogP contribution in [0.4, 0.5) is 5.69 Å². The van der Waals surface area contributed by atoms with E-state index in [1.807, 2.05) is 26.8 Å². The molecule has 2 rings (SSSR count). The van der Waals surface area contributed by atoms with Crippen molar-refractivity contribution in [2.24, 2.45) is 5.92 Å². The Morgan fingerprint density at radius 3 is 2.43 bits per heavy atom. The van der Waals surface area contributed by atoms with Gasteiger partial charge in [-0.3, -0.25) is 9.59 Å². The molecule has 1 N–H and O–H groups in total. The summed E-state index contributed by atoms with van der Waals surface area (Å²) >= 11 is 0. The lowest BCUT2D eigenvalue weighted by atomic mass is 10.1. The number of anilines is 1. The Balaban J connectivity index is 2.01. The number of likely N-dealkylation sites (tertiary alicyclic amines) is 1. The van der Waals surface area contributed by atoms with Gasteiger partial charge in [0.05, 0.1) is 17.6 Å². The lowest BCUT2D eigenvalue weighted by Gasteiger charge is -2.31. The van der Waals surface area contributed by atoms with Gasteiger partial charge >= 0.3 is 0 Å². The van der Waals surface area contributed by atoms with Crippen molar-refractivity contribution in [2.45, 2.75) is 32.7 Å². The maximum absolute atomic E-state index is 12.2. The highest BCUT2D eigenvalue weighted by atomic mass is 16.2. The van der Waals surface area contributed by atoms with Gasteiger partial charge in [0.2, 0.25) is 11.8 Å². The monoisotopic (exact) mass is 285 g/mol. The predicted octanol–water partition coefficient (Wildman–Crippen LogP) is 2.14. The van der Waals surface area contributed by atoms with E-state index in [0.29, 0.717) is 17.8 Å². The Labute approximate surface area is 124 Å². The molecule has 2 amide bonds. The van der Waals surface area contributed by atoms with Crippen LogP contribution in [-0.4, -0.2) is 28.8 Å². The van der Waals surface area contributed by atoms with Crippen molar-refractivity contribution in [3.8, 4) is 6.07 Å². The summed E-state index contributed by atoms with van der Waals surface area (Å²) in [7, 11) is 0. The van der Waals surface area contributed by atoms with Gasteiger partial charge in [-0.1, -0.05) is 0 Å². The van der Waals surface area contributed by atoms with Crippen LogP contribution in [0.3, 0.4) is 0 Å². The summed E-state index contributed by atoms with van der Waals surface area (Å²) < 4.78 is 0. The number of hydrogen-bond acceptors (Lipinski definition) is 3. The fourth-order valence-electron chi connectivity index (χ4n) is 2.40. The Bertz CT molecular complexity index is 593. The van der Waals surface area contributed by atoms with Gasteiger partial charge in [0.15, 0.2) is 0 Å². The SMILES string of the molecule is CC(C)(C)N1C[C@@H](C(=O)Nc2ccc(C#N)cc2)CC1=O. The normalized spacial score (nSPS) is 18.5. The molecule has 1 atom stereocenters. The number of nitrogens with one attached hydrogen (secondary N) is 1. The Kier molecular flexibility index (Phi) is 3.99. The maximum Gasteiger partial charge on any atom is 0.229 e. The van der Waals surface area contributed by atoms with Crippen LogP contribution in [0, 0.1) is 17.2 Å². The van der Waals surface area contributed by atoms with E-state index in [1.54, 1.807) is 29.2 Å². The van der Waals surface area contributed by atoms with E-state index in [9.17, 15) is 9.59 Å². The lowest BCUT2D eigenvalue weighted by Crippen LogP contribution is -2.42. The first-order chi connectivity index (χ1) is 9.81. The summed E-state index contributed by atoms with van der Waals surface area (Å²) in [5, 5.41) is 11.5. The summed E-state index contributed by atoms with van der Waals surface area (Å²) in [6, 6.07) is 8.70. The molecule has 5 nitrogen and oxygen atoms in total. The van der Waals surface area contributed by atoms with E-state index in [0.717, 1.165) is 0 Å². The molecule has 0 saturated carbocycles. The molecule has 5 heteroatoms. The molecule has 110 valence electrons. The number of carbonyl (C=O) groups is 2. The first kappa shape index (κ1) is 15.0. The quantitative estimate of drug-likeness (QED) is 0.904. The maximum atomic E-state index is 12.2. The van der Waals surface area contributed by atoms with Gasteiger partial charge in [-0.15, -0.1) is 0 Å². The van der Waals surface area contributed by atoms with Crippen LogP contribution in [0.5, 0.6) is 0 Å². The van der Waals surface area contributed by atoms with Crippen LogP contribution in [0.1, 0.15) is 32.8 Å². The van der Waals surface area contributed by atoms with E-state index in [-0.39, 0.29) is 29.7 Å². The summed E-state index contributed by atoms with van der Waals surface area (Å²) in [6.45, 7) is 6.34. The Morgan fingerprint density at radius 2 is 1.95 bits per heavy atom. The van der Waals surface area contributed by atoms with Gasteiger partial charge in [-0.05, 0) is 45.0 Å². The molecule has 0 bridgehead atoms. The molecule has 1 fully saturated rings. The molecular formula is C16H19N3O2. The number of rotatable bonds is 2. The van der Waals surface area contributed by atoms with Gasteiger partial charge in [-0.2, -0.15) is 5.26 Å². The number of benzene rings is 1. The van der Waals surface area contributed by atoms with Crippen LogP contribution < -0.4 is 5.32 Å². The highest BCUT2D eigenvalue weighted by Gasteiger charge is 2.39. The summed E-state index contributed by atoms with van der Waals surface area (Å²) in [5.74, 6) is -0.463. The van der Waals surface area contributed by atoms with Gasteiger partial charge in [-0.25, -0.2) is 0 Å². The van der Waals surface area contributed by atoms with E-state index in [1.165, 1.54) is 0 Å². The zero-order valence-electron chi connectivity index (χ0n) is 12.5. The highest BCUT2D eigenvalue weighted by molar-refractivity contribution is 5.97. The molecule has 0 aliphatic carbocycles. The first-order valence-electron chi connectivity index (χ1n) is 6.93. The number of nitrogens with zero attached hydrogens (tertiary/aromatic N) is 2. The van der Waals surface area contributed by atoms with Crippen molar-refractivity contribution in [2.75, 3.05) is 11.9 Å². The minimum atomic E-state index is -0.327. The molecule has 1 saturated heterocycles. The average Bonchev–Trinajstić information content (AvgIpc) is 2.82. The molecule has 1 heterocycles. The third-order valence-corrected chi connectivity index (χ3v) is 3.59. The number of carbonyl (C=O) groups excluding carboxylic acids is 2. The second-order valence-corrected chi connectivity index (χ2v) is 6.25. The molecule has 21 heavy (non-hydrogen) atoms. The van der Waals surface area contributed by atoms with Crippen LogP contribution in [0.25, 0.3) is 0 Å². The zero-order valence-corrected chi connectivity index (χ0v) is 12.5. The van der Waals surface area contributed by atoms with E-state index >= 15 is 0 Å². The first-order valence-corrected chi connectivity index (χ1v) is 6.93. The Morgan fingerprint density at radius 1 is 1.33 bits per heavy atom. The van der Waals surface area contributed by atoms with E-state index < -0.39 is 0 Å². The number of nitriles is 1. The van der Waals surface area contributed by atoms with Crippen LogP contribution in [0.15, 0.2) is 24.3 Å². The lowest BCUT2D eigenvalue weighted by molar-refractivity contribution is -0.131. The minimum Gasteiger partial charge on any atom is -0.337 e. The van der Waals surface area contributed by atoms with Crippen LogP contribution in [-0.2, 0) is 9.59 Å². The largest absolute Gasteiger partial charge is 0.337 e. The van der Waals surface area contributed by atoms with Gasteiger partial charge in [0, 0.05) is 24.2 Å². The van der Waals surface area contributed by atoms with Crippen LogP contribution >= 0.6 is 0 Å². The van der Waals surface area contributed by atoms with Crippen molar-refractivity contribution in [1.29, 1.82) is 5.26 Å². The molecule has 0 unspecified atom stereocenters. The third-order valence-electron chi connectivity index (χ3n) is 3.59. The summed E-state index contributed by atoms with van der Waals surface area (Å²) in [4.78, 5) is 26.0. The van der Waals surface area contributed by atoms with Crippen molar-refractivity contribution in [3.05, 3.63) is 29.8 Å². The third kappa shape index (κ3) is 3.40. The predicted molar refractivity (Wildman–Crippen MR) is 79.4 cm³/mol. The molecule has 1 aliphatic heterocycles. The van der Waals surface area contributed by atoms with E-state index in [2.05, 4.69) is 5.32 Å². The van der Waals surface area contributed by atoms with Crippen molar-refractivity contribution in [3.63, 3.8) is 0 Å². The molecule has 1 aromatic carbocycles. The second-order valence-electron chi connectivity index (χ2n) is 6.25. The van der Waals surface area contributed by atoms with Crippen molar-refractivity contribution < 1.29 is 9.59 Å². The smallest absolute Gasteiger partial charge is 0.229 e. The van der Waals surface area contributed by atoms with Crippen LogP contribution in [0.2, 0.25) is 0 Å². The molecule has 0 radical (unpaired) electrons. The summed E-state index contributed by atoms with van der Waals surface area (Å²) in [5.41, 5.74) is 0.921. The fraction of sp³-hybridized carbons (Fsp3) is 0.438. The highest BCUT2D eigenvalue weighted by Crippen LogP contribution is 2.26.